The highest BCUT2D eigenvalue weighted by molar-refractivity contribution is 6.31. The minimum atomic E-state index is -0.611. The molecule has 26 heavy (non-hydrogen) atoms. The van der Waals surface area contributed by atoms with Crippen molar-refractivity contribution in [2.75, 3.05) is 19.4 Å². The number of carbonyl (C=O) groups is 2. The molecule has 2 aromatic rings. The quantitative estimate of drug-likeness (QED) is 0.890. The topological polar surface area (TPSA) is 78.7 Å². The van der Waals surface area contributed by atoms with E-state index in [1.807, 2.05) is 12.1 Å². The maximum absolute atomic E-state index is 13.0. The molecule has 136 valence electrons. The number of urea groups is 1. The van der Waals surface area contributed by atoms with Gasteiger partial charge in [-0.2, -0.15) is 0 Å². The molecule has 0 bridgehead atoms. The normalized spacial score (nSPS) is 17.7. The lowest BCUT2D eigenvalue weighted by Gasteiger charge is -2.40. The van der Waals surface area contributed by atoms with Crippen LogP contribution in [0.3, 0.4) is 0 Å². The van der Waals surface area contributed by atoms with Crippen LogP contribution in [0.25, 0.3) is 0 Å². The van der Waals surface area contributed by atoms with Crippen molar-refractivity contribution in [3.05, 3.63) is 57.9 Å². The van der Waals surface area contributed by atoms with Gasteiger partial charge in [0, 0.05) is 30.9 Å². The van der Waals surface area contributed by atoms with Crippen LogP contribution in [-0.2, 0) is 4.79 Å². The first kappa shape index (κ1) is 18.0. The van der Waals surface area contributed by atoms with Crippen LogP contribution >= 0.6 is 11.6 Å². The summed E-state index contributed by atoms with van der Waals surface area (Å²) in [6, 6.07) is 7.96. The van der Waals surface area contributed by atoms with Gasteiger partial charge in [0.1, 0.15) is 5.76 Å². The summed E-state index contributed by atoms with van der Waals surface area (Å²) < 4.78 is 4.99. The first-order valence-corrected chi connectivity index (χ1v) is 8.39. The largest absolute Gasteiger partial charge is 0.360 e. The Balaban J connectivity index is 2.08. The second kappa shape index (κ2) is 6.84. The highest BCUT2D eigenvalue weighted by Gasteiger charge is 2.39. The van der Waals surface area contributed by atoms with Crippen molar-refractivity contribution in [2.45, 2.75) is 19.9 Å². The fourth-order valence-electron chi connectivity index (χ4n) is 3.02. The number of nitrogens with zero attached hydrogens (tertiary/aromatic N) is 3. The lowest BCUT2D eigenvalue weighted by atomic mass is 9.93. The first-order chi connectivity index (χ1) is 12.3. The van der Waals surface area contributed by atoms with Crippen LogP contribution in [0.2, 0.25) is 5.02 Å². The predicted octanol–water partition coefficient (Wildman–Crippen LogP) is 3.59. The Morgan fingerprint density at radius 2 is 1.96 bits per heavy atom. The van der Waals surface area contributed by atoms with Crippen molar-refractivity contribution in [3.63, 3.8) is 0 Å². The van der Waals surface area contributed by atoms with Crippen molar-refractivity contribution in [2.24, 2.45) is 0 Å². The number of hydrogen-bond donors (Lipinski definition) is 1. The van der Waals surface area contributed by atoms with Crippen molar-refractivity contribution in [3.8, 4) is 0 Å². The van der Waals surface area contributed by atoms with E-state index in [0.717, 1.165) is 0 Å². The van der Waals surface area contributed by atoms with E-state index in [2.05, 4.69) is 10.5 Å². The van der Waals surface area contributed by atoms with Crippen LogP contribution in [0.1, 0.15) is 24.3 Å². The number of likely N-dealkylation sites (N-methyl/N-ethyl adjacent to an activating group) is 1. The third kappa shape index (κ3) is 3.06. The van der Waals surface area contributed by atoms with Crippen molar-refractivity contribution >= 4 is 29.4 Å². The summed E-state index contributed by atoms with van der Waals surface area (Å²) in [5.41, 5.74) is 1.65. The van der Waals surface area contributed by atoms with E-state index in [-0.39, 0.29) is 11.9 Å². The van der Waals surface area contributed by atoms with E-state index in [0.29, 0.717) is 33.4 Å². The molecular formula is C18H19ClN4O3. The van der Waals surface area contributed by atoms with Gasteiger partial charge in [0.15, 0.2) is 5.82 Å². The Kier molecular flexibility index (Phi) is 4.73. The van der Waals surface area contributed by atoms with Gasteiger partial charge in [-0.1, -0.05) is 35.0 Å². The monoisotopic (exact) mass is 374 g/mol. The SMILES string of the molecule is CC1=C(C(=O)Nc2cc(C)on2)[C@H](c2ccccc2Cl)N(C)C(=O)N1C. The molecule has 1 N–H and O–H groups in total. The van der Waals surface area contributed by atoms with Gasteiger partial charge in [-0.15, -0.1) is 0 Å². The third-order valence-electron chi connectivity index (χ3n) is 4.46. The number of carbonyl (C=O) groups excluding carboxylic acids is 2. The molecule has 1 aliphatic rings. The van der Waals surface area contributed by atoms with Gasteiger partial charge in [0.2, 0.25) is 0 Å². The summed E-state index contributed by atoms with van der Waals surface area (Å²) in [5.74, 6) is 0.529. The fourth-order valence-corrected chi connectivity index (χ4v) is 3.26. The lowest BCUT2D eigenvalue weighted by molar-refractivity contribution is -0.113. The maximum atomic E-state index is 13.0. The van der Waals surface area contributed by atoms with E-state index in [1.165, 1.54) is 9.80 Å². The minimum Gasteiger partial charge on any atom is -0.360 e. The summed E-state index contributed by atoms with van der Waals surface area (Å²) >= 11 is 6.36. The van der Waals surface area contributed by atoms with Crippen LogP contribution in [0, 0.1) is 6.92 Å². The number of hydrogen-bond acceptors (Lipinski definition) is 4. The van der Waals surface area contributed by atoms with Gasteiger partial charge in [0.25, 0.3) is 5.91 Å². The molecule has 3 amide bonds. The summed E-state index contributed by atoms with van der Waals surface area (Å²) in [7, 11) is 3.28. The minimum absolute atomic E-state index is 0.221. The zero-order valence-electron chi connectivity index (χ0n) is 14.9. The van der Waals surface area contributed by atoms with Gasteiger partial charge in [0.05, 0.1) is 11.6 Å². The highest BCUT2D eigenvalue weighted by Crippen LogP contribution is 2.38. The van der Waals surface area contributed by atoms with Gasteiger partial charge < -0.3 is 19.6 Å². The molecule has 7 nitrogen and oxygen atoms in total. The molecule has 3 rings (SSSR count). The summed E-state index contributed by atoms with van der Waals surface area (Å²) in [5, 5.41) is 7.01. The Morgan fingerprint density at radius 1 is 1.27 bits per heavy atom. The number of rotatable bonds is 3. The molecule has 8 heteroatoms. The molecule has 0 spiro atoms. The molecule has 0 aliphatic carbocycles. The number of nitrogens with one attached hydrogen (secondary N) is 1. The van der Waals surface area contributed by atoms with E-state index in [1.54, 1.807) is 46.1 Å². The average molecular weight is 375 g/mol. The van der Waals surface area contributed by atoms with Crippen molar-refractivity contribution in [1.29, 1.82) is 0 Å². The first-order valence-electron chi connectivity index (χ1n) is 8.01. The Bertz CT molecular complexity index is 905. The van der Waals surface area contributed by atoms with Crippen LogP contribution < -0.4 is 5.32 Å². The maximum Gasteiger partial charge on any atom is 0.324 e. The molecule has 1 aliphatic heterocycles. The molecule has 0 unspecified atom stereocenters. The Hall–Kier alpha value is -2.80. The lowest BCUT2D eigenvalue weighted by Crippen LogP contribution is -2.47. The Morgan fingerprint density at radius 3 is 2.58 bits per heavy atom. The molecule has 1 atom stereocenters. The van der Waals surface area contributed by atoms with Crippen molar-refractivity contribution in [1.82, 2.24) is 15.0 Å². The number of anilines is 1. The molecule has 0 saturated carbocycles. The summed E-state index contributed by atoms with van der Waals surface area (Å²) in [4.78, 5) is 28.5. The fraction of sp³-hybridized carbons (Fsp3) is 0.278. The number of allylic oxidation sites excluding steroid dienone is 1. The second-order valence-corrected chi connectivity index (χ2v) is 6.56. The number of halogens is 1. The summed E-state index contributed by atoms with van der Waals surface area (Å²) in [6.07, 6.45) is 0. The number of aryl methyl sites for hydroxylation is 1. The van der Waals surface area contributed by atoms with Crippen LogP contribution in [0.4, 0.5) is 10.6 Å². The van der Waals surface area contributed by atoms with Gasteiger partial charge >= 0.3 is 6.03 Å². The van der Waals surface area contributed by atoms with Crippen LogP contribution in [0.15, 0.2) is 46.1 Å². The van der Waals surface area contributed by atoms with Gasteiger partial charge in [-0.05, 0) is 25.5 Å². The number of benzene rings is 1. The number of aromatic nitrogens is 1. The van der Waals surface area contributed by atoms with Gasteiger partial charge in [-0.3, -0.25) is 4.79 Å². The zero-order chi connectivity index (χ0) is 19.0. The van der Waals surface area contributed by atoms with E-state index in [9.17, 15) is 9.59 Å². The molecule has 1 aromatic carbocycles. The van der Waals surface area contributed by atoms with E-state index < -0.39 is 6.04 Å². The van der Waals surface area contributed by atoms with Crippen LogP contribution in [-0.4, -0.2) is 41.0 Å². The Labute approximate surface area is 156 Å². The van der Waals surface area contributed by atoms with Gasteiger partial charge in [-0.25, -0.2) is 4.79 Å². The summed E-state index contributed by atoms with van der Waals surface area (Å²) in [6.45, 7) is 3.47. The number of amides is 3. The van der Waals surface area contributed by atoms with Crippen LogP contribution in [0.5, 0.6) is 0 Å². The molecule has 0 fully saturated rings. The molecule has 2 heterocycles. The molecular weight excluding hydrogens is 356 g/mol. The zero-order valence-corrected chi connectivity index (χ0v) is 15.7. The third-order valence-corrected chi connectivity index (χ3v) is 4.80. The standard InChI is InChI=1S/C18H19ClN4O3/c1-10-9-14(21-26-10)20-17(24)15-11(2)22(3)18(25)23(4)16(15)12-7-5-6-8-13(12)19/h5-9,16H,1-4H3,(H,20,21,24)/t16-/m0/s1. The predicted molar refractivity (Wildman–Crippen MR) is 97.7 cm³/mol. The second-order valence-electron chi connectivity index (χ2n) is 6.15. The molecule has 1 aromatic heterocycles. The van der Waals surface area contributed by atoms with E-state index in [4.69, 9.17) is 16.1 Å². The highest BCUT2D eigenvalue weighted by atomic mass is 35.5. The molecule has 0 saturated heterocycles. The smallest absolute Gasteiger partial charge is 0.324 e. The molecule has 0 radical (unpaired) electrons. The average Bonchev–Trinajstić information content (AvgIpc) is 3.01. The van der Waals surface area contributed by atoms with Crippen molar-refractivity contribution < 1.29 is 14.1 Å². The van der Waals surface area contributed by atoms with E-state index >= 15 is 0 Å².